The number of thioether (sulfide) groups is 1. The molecule has 124 valence electrons. The highest BCUT2D eigenvalue weighted by Gasteiger charge is 2.26. The lowest BCUT2D eigenvalue weighted by Gasteiger charge is -2.22. The standard InChI is InChI=1S/C20H17N3OS/c1-15-14-25-20(23(15)17-10-6-3-7-11-17)18(12-21)19(24)22-13-16-8-4-2-5-9-16/h2-11,14H,13H2,1H3,(H,22,24)/b20-18+. The van der Waals surface area contributed by atoms with Crippen LogP contribution in [-0.2, 0) is 11.3 Å². The number of carbonyl (C=O) groups is 1. The van der Waals surface area contributed by atoms with Crippen molar-refractivity contribution in [2.24, 2.45) is 0 Å². The minimum atomic E-state index is -0.363. The zero-order valence-electron chi connectivity index (χ0n) is 13.8. The molecular formula is C20H17N3OS. The molecule has 1 heterocycles. The quantitative estimate of drug-likeness (QED) is 0.667. The van der Waals surface area contributed by atoms with Gasteiger partial charge in [-0.1, -0.05) is 60.3 Å². The van der Waals surface area contributed by atoms with E-state index in [-0.39, 0.29) is 11.5 Å². The molecule has 0 saturated heterocycles. The van der Waals surface area contributed by atoms with Crippen LogP contribution in [0.3, 0.4) is 0 Å². The second-order valence-electron chi connectivity index (χ2n) is 5.51. The summed E-state index contributed by atoms with van der Waals surface area (Å²) in [6.45, 7) is 2.35. The average molecular weight is 347 g/mol. The lowest BCUT2D eigenvalue weighted by atomic mass is 10.2. The van der Waals surface area contributed by atoms with E-state index in [4.69, 9.17) is 0 Å². The maximum absolute atomic E-state index is 12.6. The first-order valence-electron chi connectivity index (χ1n) is 7.86. The van der Waals surface area contributed by atoms with Crippen molar-refractivity contribution in [3.8, 4) is 6.07 Å². The normalized spacial score (nSPS) is 15.4. The van der Waals surface area contributed by atoms with Gasteiger partial charge in [-0.2, -0.15) is 5.26 Å². The maximum Gasteiger partial charge on any atom is 0.264 e. The number of carbonyl (C=O) groups excluding carboxylic acids is 1. The van der Waals surface area contributed by atoms with E-state index >= 15 is 0 Å². The largest absolute Gasteiger partial charge is 0.347 e. The minimum Gasteiger partial charge on any atom is -0.347 e. The second kappa shape index (κ2) is 7.73. The summed E-state index contributed by atoms with van der Waals surface area (Å²) < 4.78 is 0. The summed E-state index contributed by atoms with van der Waals surface area (Å²) in [4.78, 5) is 14.5. The lowest BCUT2D eigenvalue weighted by molar-refractivity contribution is -0.117. The van der Waals surface area contributed by atoms with E-state index in [1.54, 1.807) is 0 Å². The van der Waals surface area contributed by atoms with Gasteiger partial charge >= 0.3 is 0 Å². The first-order chi connectivity index (χ1) is 12.2. The summed E-state index contributed by atoms with van der Waals surface area (Å²) in [6, 6.07) is 21.4. The summed E-state index contributed by atoms with van der Waals surface area (Å²) in [5.41, 5.74) is 3.03. The number of allylic oxidation sites excluding steroid dienone is 1. The number of para-hydroxylation sites is 1. The van der Waals surface area contributed by atoms with Crippen molar-refractivity contribution in [3.63, 3.8) is 0 Å². The van der Waals surface area contributed by atoms with E-state index in [0.717, 1.165) is 16.9 Å². The highest BCUT2D eigenvalue weighted by atomic mass is 32.2. The van der Waals surface area contributed by atoms with Crippen LogP contribution in [0.25, 0.3) is 0 Å². The Hall–Kier alpha value is -2.97. The molecule has 0 unspecified atom stereocenters. The predicted molar refractivity (Wildman–Crippen MR) is 101 cm³/mol. The molecule has 1 aliphatic rings. The van der Waals surface area contributed by atoms with Gasteiger partial charge in [-0.05, 0) is 30.0 Å². The number of rotatable bonds is 4. The van der Waals surface area contributed by atoms with Gasteiger partial charge in [0.1, 0.15) is 16.7 Å². The fourth-order valence-electron chi connectivity index (χ4n) is 2.54. The third kappa shape index (κ3) is 3.76. The smallest absolute Gasteiger partial charge is 0.264 e. The fraction of sp³-hybridized carbons (Fsp3) is 0.100. The number of anilines is 1. The fourth-order valence-corrected chi connectivity index (χ4v) is 3.54. The van der Waals surface area contributed by atoms with E-state index < -0.39 is 0 Å². The summed E-state index contributed by atoms with van der Waals surface area (Å²) in [5, 5.41) is 15.0. The number of hydrogen-bond donors (Lipinski definition) is 1. The molecule has 0 aromatic heterocycles. The molecule has 4 nitrogen and oxygen atoms in total. The Balaban J connectivity index is 1.85. The highest BCUT2D eigenvalue weighted by Crippen LogP contribution is 2.40. The van der Waals surface area contributed by atoms with Crippen molar-refractivity contribution in [1.82, 2.24) is 5.32 Å². The maximum atomic E-state index is 12.6. The molecule has 0 saturated carbocycles. The molecule has 0 aliphatic carbocycles. The van der Waals surface area contributed by atoms with Crippen molar-refractivity contribution in [2.75, 3.05) is 4.90 Å². The molecule has 0 spiro atoms. The van der Waals surface area contributed by atoms with Gasteiger partial charge < -0.3 is 10.2 Å². The van der Waals surface area contributed by atoms with Gasteiger partial charge in [-0.15, -0.1) is 0 Å². The molecule has 0 radical (unpaired) electrons. The number of nitrogens with one attached hydrogen (secondary N) is 1. The number of nitriles is 1. The number of hydrogen-bond acceptors (Lipinski definition) is 4. The highest BCUT2D eigenvalue weighted by molar-refractivity contribution is 8.06. The third-order valence-corrected chi connectivity index (χ3v) is 4.83. The van der Waals surface area contributed by atoms with Crippen LogP contribution in [0.2, 0.25) is 0 Å². The zero-order valence-corrected chi connectivity index (χ0v) is 14.6. The van der Waals surface area contributed by atoms with Gasteiger partial charge in [0.05, 0.1) is 0 Å². The third-order valence-electron chi connectivity index (χ3n) is 3.76. The summed E-state index contributed by atoms with van der Waals surface area (Å²) in [6.07, 6.45) is 0. The molecule has 0 atom stereocenters. The van der Waals surface area contributed by atoms with Gasteiger partial charge in [0.2, 0.25) is 0 Å². The topological polar surface area (TPSA) is 56.1 Å². The summed E-state index contributed by atoms with van der Waals surface area (Å²) in [7, 11) is 0. The molecule has 2 aromatic rings. The van der Waals surface area contributed by atoms with E-state index in [0.29, 0.717) is 11.6 Å². The molecule has 25 heavy (non-hydrogen) atoms. The molecule has 1 aliphatic heterocycles. The van der Waals surface area contributed by atoms with Gasteiger partial charge in [-0.3, -0.25) is 4.79 Å². The van der Waals surface area contributed by atoms with Gasteiger partial charge in [0.25, 0.3) is 5.91 Å². The Morgan fingerprint density at radius 2 is 1.76 bits per heavy atom. The molecule has 3 rings (SSSR count). The van der Waals surface area contributed by atoms with Crippen molar-refractivity contribution in [2.45, 2.75) is 13.5 Å². The average Bonchev–Trinajstić information content (AvgIpc) is 3.03. The summed E-state index contributed by atoms with van der Waals surface area (Å²) >= 11 is 1.40. The van der Waals surface area contributed by atoms with Crippen molar-refractivity contribution < 1.29 is 4.79 Å². The molecule has 0 fully saturated rings. The van der Waals surface area contributed by atoms with E-state index in [1.807, 2.05) is 77.9 Å². The van der Waals surface area contributed by atoms with Crippen molar-refractivity contribution >= 4 is 23.4 Å². The Morgan fingerprint density at radius 3 is 2.40 bits per heavy atom. The Morgan fingerprint density at radius 1 is 1.12 bits per heavy atom. The molecule has 5 heteroatoms. The Bertz CT molecular complexity index is 867. The Kier molecular flexibility index (Phi) is 5.22. The number of amides is 1. The van der Waals surface area contributed by atoms with Crippen molar-refractivity contribution in [3.05, 3.63) is 87.9 Å². The van der Waals surface area contributed by atoms with Crippen molar-refractivity contribution in [1.29, 1.82) is 5.26 Å². The number of benzene rings is 2. The predicted octanol–water partition coefficient (Wildman–Crippen LogP) is 4.15. The molecular weight excluding hydrogens is 330 g/mol. The van der Waals surface area contributed by atoms with Crippen LogP contribution in [0, 0.1) is 11.3 Å². The van der Waals surface area contributed by atoms with Gasteiger partial charge in [0.15, 0.2) is 0 Å². The molecule has 1 amide bonds. The number of nitrogens with zero attached hydrogens (tertiary/aromatic N) is 2. The van der Waals surface area contributed by atoms with E-state index in [9.17, 15) is 10.1 Å². The Labute approximate surface area is 151 Å². The van der Waals surface area contributed by atoms with E-state index in [2.05, 4.69) is 11.4 Å². The second-order valence-corrected chi connectivity index (χ2v) is 6.37. The zero-order chi connectivity index (χ0) is 17.6. The van der Waals surface area contributed by atoms with Gasteiger partial charge in [-0.25, -0.2) is 0 Å². The molecule has 1 N–H and O–H groups in total. The van der Waals surface area contributed by atoms with Crippen LogP contribution < -0.4 is 10.2 Å². The van der Waals surface area contributed by atoms with Gasteiger partial charge in [0, 0.05) is 17.9 Å². The van der Waals surface area contributed by atoms with Crippen LogP contribution in [0.4, 0.5) is 5.69 Å². The van der Waals surface area contributed by atoms with Crippen LogP contribution in [0.1, 0.15) is 12.5 Å². The molecule has 0 bridgehead atoms. The summed E-state index contributed by atoms with van der Waals surface area (Å²) in [5.74, 6) is -0.363. The van der Waals surface area contributed by atoms with Crippen LogP contribution >= 0.6 is 11.8 Å². The van der Waals surface area contributed by atoms with Crippen LogP contribution in [0.5, 0.6) is 0 Å². The van der Waals surface area contributed by atoms with Crippen LogP contribution in [0.15, 0.2) is 82.4 Å². The molecule has 2 aromatic carbocycles. The first-order valence-corrected chi connectivity index (χ1v) is 8.74. The SMILES string of the molecule is CC1=CS/C(=C(\C#N)C(=O)NCc2ccccc2)N1c1ccccc1. The lowest BCUT2D eigenvalue weighted by Crippen LogP contribution is -2.27. The van der Waals surface area contributed by atoms with Crippen LogP contribution in [-0.4, -0.2) is 5.91 Å². The minimum absolute atomic E-state index is 0.123. The first kappa shape index (κ1) is 16.9. The monoisotopic (exact) mass is 347 g/mol. The van der Waals surface area contributed by atoms with E-state index in [1.165, 1.54) is 11.8 Å².